The van der Waals surface area contributed by atoms with Crippen molar-refractivity contribution in [1.82, 2.24) is 0 Å². The Hall–Kier alpha value is -1.61. The summed E-state index contributed by atoms with van der Waals surface area (Å²) >= 11 is 5.66. The molecule has 0 atom stereocenters. The maximum atomic E-state index is 6.73. The minimum atomic E-state index is -2.42. The molecule has 0 N–H and O–H groups in total. The molecule has 0 amide bonds. The Bertz CT molecular complexity index is 647. The van der Waals surface area contributed by atoms with Gasteiger partial charge in [0.25, 0.3) is 8.32 Å². The van der Waals surface area contributed by atoms with Gasteiger partial charge in [0.15, 0.2) is 0 Å². The van der Waals surface area contributed by atoms with Crippen molar-refractivity contribution in [2.75, 3.05) is 12.5 Å². The molecular formula is C22H27ClOSi. The third-order valence-electron chi connectivity index (χ3n) is 4.29. The van der Waals surface area contributed by atoms with Crippen molar-refractivity contribution in [3.8, 4) is 0 Å². The zero-order chi connectivity index (χ0) is 18.2. The lowest BCUT2D eigenvalue weighted by Gasteiger charge is -2.42. The van der Waals surface area contributed by atoms with Crippen molar-refractivity contribution >= 4 is 30.3 Å². The van der Waals surface area contributed by atoms with Gasteiger partial charge in [0, 0.05) is 5.88 Å². The van der Waals surface area contributed by atoms with Gasteiger partial charge in [0.2, 0.25) is 0 Å². The van der Waals surface area contributed by atoms with Crippen LogP contribution in [-0.2, 0) is 4.43 Å². The topological polar surface area (TPSA) is 9.23 Å². The van der Waals surface area contributed by atoms with Crippen LogP contribution in [0, 0.1) is 0 Å². The van der Waals surface area contributed by atoms with E-state index in [1.54, 1.807) is 0 Å². The SMILES string of the molecule is CC(C)(C)[Si](OC/C=C/C=C\CCl)(c1ccccc1)c1ccccc1. The van der Waals surface area contributed by atoms with Crippen molar-refractivity contribution in [3.05, 3.63) is 85.0 Å². The van der Waals surface area contributed by atoms with Crippen LogP contribution >= 0.6 is 11.6 Å². The lowest BCUT2D eigenvalue weighted by Crippen LogP contribution is -2.66. The van der Waals surface area contributed by atoms with E-state index in [4.69, 9.17) is 16.0 Å². The summed E-state index contributed by atoms with van der Waals surface area (Å²) in [6, 6.07) is 21.4. The molecule has 0 spiro atoms. The van der Waals surface area contributed by atoms with Crippen LogP contribution < -0.4 is 10.4 Å². The first kappa shape index (κ1) is 19.7. The van der Waals surface area contributed by atoms with Gasteiger partial charge in [-0.25, -0.2) is 0 Å². The molecule has 0 radical (unpaired) electrons. The summed E-state index contributed by atoms with van der Waals surface area (Å²) in [7, 11) is -2.42. The monoisotopic (exact) mass is 370 g/mol. The molecule has 25 heavy (non-hydrogen) atoms. The molecule has 132 valence electrons. The summed E-state index contributed by atoms with van der Waals surface area (Å²) < 4.78 is 6.73. The molecule has 2 aromatic rings. The Labute approximate surface area is 158 Å². The standard InChI is InChI=1S/C22H27ClOSi/c1-22(2,3)25(20-14-8-6-9-15-20,21-16-10-7-11-17-21)24-19-13-5-4-12-18-23/h4-17H,18-19H2,1-3H3/b12-4-,13-5+. The third kappa shape index (κ3) is 4.72. The van der Waals surface area contributed by atoms with Crippen molar-refractivity contribution < 1.29 is 4.43 Å². The smallest absolute Gasteiger partial charge is 0.261 e. The highest BCUT2D eigenvalue weighted by molar-refractivity contribution is 6.99. The molecule has 3 heteroatoms. The van der Waals surface area contributed by atoms with Crippen LogP contribution in [0.5, 0.6) is 0 Å². The van der Waals surface area contributed by atoms with Crippen LogP contribution in [0.3, 0.4) is 0 Å². The van der Waals surface area contributed by atoms with Crippen LogP contribution in [0.25, 0.3) is 0 Å². The Kier molecular flexibility index (Phi) is 7.24. The highest BCUT2D eigenvalue weighted by Gasteiger charge is 2.49. The molecule has 0 bridgehead atoms. The first-order chi connectivity index (χ1) is 12.0. The summed E-state index contributed by atoms with van der Waals surface area (Å²) in [6.45, 7) is 7.45. The van der Waals surface area contributed by atoms with E-state index in [1.807, 2.05) is 18.2 Å². The molecule has 0 aromatic heterocycles. The fourth-order valence-electron chi connectivity index (χ4n) is 3.20. The van der Waals surface area contributed by atoms with E-state index in [0.29, 0.717) is 12.5 Å². The van der Waals surface area contributed by atoms with Crippen LogP contribution in [0.15, 0.2) is 85.0 Å². The van der Waals surface area contributed by atoms with Gasteiger partial charge in [-0.3, -0.25) is 0 Å². The average Bonchev–Trinajstić information content (AvgIpc) is 2.62. The number of allylic oxidation sites excluding steroid dienone is 3. The van der Waals surface area contributed by atoms with Crippen molar-refractivity contribution in [2.24, 2.45) is 0 Å². The molecule has 0 saturated carbocycles. The van der Waals surface area contributed by atoms with E-state index < -0.39 is 8.32 Å². The Morgan fingerprint density at radius 1 is 0.840 bits per heavy atom. The predicted molar refractivity (Wildman–Crippen MR) is 113 cm³/mol. The fourth-order valence-corrected chi connectivity index (χ4v) is 7.80. The second-order valence-electron chi connectivity index (χ2n) is 6.98. The van der Waals surface area contributed by atoms with E-state index >= 15 is 0 Å². The fraction of sp³-hybridized carbons (Fsp3) is 0.273. The predicted octanol–water partition coefficient (Wildman–Crippen LogP) is 4.91. The van der Waals surface area contributed by atoms with Crippen LogP contribution in [-0.4, -0.2) is 20.8 Å². The van der Waals surface area contributed by atoms with Crippen LogP contribution in [0.2, 0.25) is 5.04 Å². The Morgan fingerprint density at radius 2 is 1.32 bits per heavy atom. The largest absolute Gasteiger partial charge is 0.404 e. The summed E-state index contributed by atoms with van der Waals surface area (Å²) in [4.78, 5) is 0. The molecule has 0 saturated heterocycles. The average molecular weight is 371 g/mol. The maximum Gasteiger partial charge on any atom is 0.261 e. The third-order valence-corrected chi connectivity index (χ3v) is 9.47. The molecule has 0 heterocycles. The molecule has 0 aliphatic carbocycles. The summed E-state index contributed by atoms with van der Waals surface area (Å²) in [5.74, 6) is 0.528. The molecule has 2 rings (SSSR count). The molecule has 0 aliphatic rings. The number of hydrogen-bond donors (Lipinski definition) is 0. The highest BCUT2D eigenvalue weighted by atomic mass is 35.5. The van der Waals surface area contributed by atoms with E-state index in [2.05, 4.69) is 87.5 Å². The number of halogens is 1. The molecule has 2 aromatic carbocycles. The second-order valence-corrected chi connectivity index (χ2v) is 11.6. The maximum absolute atomic E-state index is 6.73. The van der Waals surface area contributed by atoms with Gasteiger partial charge in [-0.05, 0) is 15.4 Å². The number of rotatable bonds is 7. The van der Waals surface area contributed by atoms with E-state index in [0.717, 1.165) is 0 Å². The van der Waals surface area contributed by atoms with Gasteiger partial charge < -0.3 is 4.43 Å². The zero-order valence-corrected chi connectivity index (χ0v) is 17.0. The van der Waals surface area contributed by atoms with Gasteiger partial charge >= 0.3 is 0 Å². The number of benzene rings is 2. The Morgan fingerprint density at radius 3 is 1.76 bits per heavy atom. The summed E-state index contributed by atoms with van der Waals surface area (Å²) in [5.41, 5.74) is 0. The lowest BCUT2D eigenvalue weighted by molar-refractivity contribution is 0.339. The molecular weight excluding hydrogens is 344 g/mol. The van der Waals surface area contributed by atoms with Crippen LogP contribution in [0.4, 0.5) is 0 Å². The van der Waals surface area contributed by atoms with E-state index in [9.17, 15) is 0 Å². The van der Waals surface area contributed by atoms with Crippen molar-refractivity contribution in [2.45, 2.75) is 25.8 Å². The quantitative estimate of drug-likeness (QED) is 0.382. The van der Waals surface area contributed by atoms with E-state index in [1.165, 1.54) is 10.4 Å². The molecule has 1 nitrogen and oxygen atoms in total. The first-order valence-electron chi connectivity index (χ1n) is 8.65. The van der Waals surface area contributed by atoms with E-state index in [-0.39, 0.29) is 5.04 Å². The number of hydrogen-bond acceptors (Lipinski definition) is 1. The molecule has 0 unspecified atom stereocenters. The Balaban J connectivity index is 2.46. The van der Waals surface area contributed by atoms with Gasteiger partial charge in [0.05, 0.1) is 6.61 Å². The van der Waals surface area contributed by atoms with Crippen molar-refractivity contribution in [3.63, 3.8) is 0 Å². The number of alkyl halides is 1. The molecule has 0 aliphatic heterocycles. The highest BCUT2D eigenvalue weighted by Crippen LogP contribution is 2.36. The summed E-state index contributed by atoms with van der Waals surface area (Å²) in [5, 5.41) is 2.62. The molecule has 0 fully saturated rings. The minimum absolute atomic E-state index is 0.00945. The van der Waals surface area contributed by atoms with Crippen LogP contribution in [0.1, 0.15) is 20.8 Å². The van der Waals surface area contributed by atoms with Gasteiger partial charge in [-0.2, -0.15) is 0 Å². The second kappa shape index (κ2) is 9.19. The minimum Gasteiger partial charge on any atom is -0.404 e. The first-order valence-corrected chi connectivity index (χ1v) is 11.1. The van der Waals surface area contributed by atoms with Gasteiger partial charge in [-0.15, -0.1) is 11.6 Å². The van der Waals surface area contributed by atoms with Gasteiger partial charge in [-0.1, -0.05) is 106 Å². The normalized spacial score (nSPS) is 13.0. The summed E-state index contributed by atoms with van der Waals surface area (Å²) in [6.07, 6.45) is 7.94. The zero-order valence-electron chi connectivity index (χ0n) is 15.3. The van der Waals surface area contributed by atoms with Crippen molar-refractivity contribution in [1.29, 1.82) is 0 Å². The lowest BCUT2D eigenvalue weighted by atomic mass is 10.2. The van der Waals surface area contributed by atoms with Gasteiger partial charge in [0.1, 0.15) is 0 Å².